The summed E-state index contributed by atoms with van der Waals surface area (Å²) in [4.78, 5) is 0. The third kappa shape index (κ3) is 2.66. The van der Waals surface area contributed by atoms with Crippen molar-refractivity contribution in [3.05, 3.63) is 39.9 Å². The summed E-state index contributed by atoms with van der Waals surface area (Å²) < 4.78 is 31.3. The Morgan fingerprint density at radius 2 is 1.87 bits per heavy atom. The largest absolute Gasteiger partial charge is 0.455 e. The molecular formula is C9H6BrNO3S. The smallest absolute Gasteiger partial charge is 0.279 e. The van der Waals surface area contributed by atoms with E-state index in [1.165, 1.54) is 6.21 Å². The van der Waals surface area contributed by atoms with Gasteiger partial charge in [-0.1, -0.05) is 15.9 Å². The third-order valence-electron chi connectivity index (χ3n) is 1.64. The molecule has 1 aliphatic rings. The van der Waals surface area contributed by atoms with Gasteiger partial charge in [0.15, 0.2) is 5.76 Å². The topological polar surface area (TPSA) is 55.7 Å². The van der Waals surface area contributed by atoms with Crippen LogP contribution in [0.3, 0.4) is 0 Å². The van der Waals surface area contributed by atoms with Crippen LogP contribution >= 0.6 is 15.9 Å². The second kappa shape index (κ2) is 3.79. The van der Waals surface area contributed by atoms with Gasteiger partial charge < -0.3 is 4.74 Å². The van der Waals surface area contributed by atoms with Crippen LogP contribution < -0.4 is 4.74 Å². The number of rotatable bonds is 2. The molecule has 2 rings (SSSR count). The van der Waals surface area contributed by atoms with Crippen molar-refractivity contribution < 1.29 is 13.2 Å². The number of hydrogen-bond donors (Lipinski definition) is 0. The Hall–Kier alpha value is -1.14. The maximum absolute atomic E-state index is 10.9. The van der Waals surface area contributed by atoms with E-state index in [-0.39, 0.29) is 5.76 Å². The molecule has 0 aromatic heterocycles. The first-order chi connectivity index (χ1) is 7.05. The first-order valence-electron chi connectivity index (χ1n) is 4.01. The minimum atomic E-state index is -3.45. The van der Waals surface area contributed by atoms with Crippen LogP contribution in [-0.4, -0.2) is 14.6 Å². The highest BCUT2D eigenvalue weighted by molar-refractivity contribution is 9.10. The number of halogens is 1. The lowest BCUT2D eigenvalue weighted by Gasteiger charge is -2.02. The molecule has 1 aliphatic heterocycles. The van der Waals surface area contributed by atoms with E-state index in [1.54, 1.807) is 24.3 Å². The van der Waals surface area contributed by atoms with Crippen LogP contribution in [0.1, 0.15) is 0 Å². The highest BCUT2D eigenvalue weighted by Crippen LogP contribution is 2.19. The lowest BCUT2D eigenvalue weighted by molar-refractivity contribution is 0.459. The Bertz CT molecular complexity index is 531. The maximum Gasteiger partial charge on any atom is 0.279 e. The SMILES string of the molecule is O=S1(=O)C=C(Oc2ccc(Br)cc2)C=N1. The fraction of sp³-hybridized carbons (Fsp3) is 0. The van der Waals surface area contributed by atoms with E-state index in [1.807, 2.05) is 0 Å². The van der Waals surface area contributed by atoms with Crippen LogP contribution in [0.25, 0.3) is 0 Å². The van der Waals surface area contributed by atoms with Gasteiger partial charge in [-0.05, 0) is 24.3 Å². The fourth-order valence-electron chi connectivity index (χ4n) is 1.02. The van der Waals surface area contributed by atoms with Crippen molar-refractivity contribution >= 4 is 32.2 Å². The van der Waals surface area contributed by atoms with Crippen molar-refractivity contribution in [2.45, 2.75) is 0 Å². The summed E-state index contributed by atoms with van der Waals surface area (Å²) in [6.45, 7) is 0. The number of nitrogens with zero attached hydrogens (tertiary/aromatic N) is 1. The van der Waals surface area contributed by atoms with Crippen molar-refractivity contribution in [2.75, 3.05) is 0 Å². The quantitative estimate of drug-likeness (QED) is 0.837. The van der Waals surface area contributed by atoms with Gasteiger partial charge in [0.05, 0.1) is 11.6 Å². The molecule has 0 unspecified atom stereocenters. The molecule has 78 valence electrons. The minimum absolute atomic E-state index is 0.220. The number of hydrogen-bond acceptors (Lipinski definition) is 3. The van der Waals surface area contributed by atoms with Gasteiger partial charge in [-0.25, -0.2) is 0 Å². The molecule has 0 saturated carbocycles. The van der Waals surface area contributed by atoms with Crippen LogP contribution in [0.2, 0.25) is 0 Å². The Morgan fingerprint density at radius 1 is 1.20 bits per heavy atom. The summed E-state index contributed by atoms with van der Waals surface area (Å²) in [5, 5.41) is 0.981. The summed E-state index contributed by atoms with van der Waals surface area (Å²) in [6, 6.07) is 7.06. The predicted octanol–water partition coefficient (Wildman–Crippen LogP) is 2.08. The highest BCUT2D eigenvalue weighted by atomic mass is 79.9. The Kier molecular flexibility index (Phi) is 2.62. The molecule has 0 radical (unpaired) electrons. The lowest BCUT2D eigenvalue weighted by Crippen LogP contribution is -1.93. The van der Waals surface area contributed by atoms with Gasteiger partial charge >= 0.3 is 0 Å². The summed E-state index contributed by atoms with van der Waals surface area (Å²) in [5.41, 5.74) is 0. The van der Waals surface area contributed by atoms with Gasteiger partial charge in [-0.15, -0.1) is 0 Å². The van der Waals surface area contributed by atoms with Crippen molar-refractivity contribution in [1.82, 2.24) is 0 Å². The molecule has 0 saturated heterocycles. The van der Waals surface area contributed by atoms with E-state index in [0.717, 1.165) is 9.88 Å². The fourth-order valence-corrected chi connectivity index (χ4v) is 2.00. The number of allylic oxidation sites excluding steroid dienone is 1. The monoisotopic (exact) mass is 287 g/mol. The van der Waals surface area contributed by atoms with Gasteiger partial charge in [-0.2, -0.15) is 12.8 Å². The maximum atomic E-state index is 10.9. The predicted molar refractivity (Wildman–Crippen MR) is 60.3 cm³/mol. The van der Waals surface area contributed by atoms with Gasteiger partial charge in [0.2, 0.25) is 0 Å². The summed E-state index contributed by atoms with van der Waals surface area (Å²) in [5.74, 6) is 0.783. The molecule has 1 heterocycles. The van der Waals surface area contributed by atoms with Gasteiger partial charge in [0.25, 0.3) is 10.0 Å². The van der Waals surface area contributed by atoms with E-state index in [0.29, 0.717) is 5.75 Å². The second-order valence-electron chi connectivity index (χ2n) is 2.83. The van der Waals surface area contributed by atoms with Crippen molar-refractivity contribution in [3.8, 4) is 5.75 Å². The Balaban J connectivity index is 2.18. The van der Waals surface area contributed by atoms with Crippen LogP contribution in [0.15, 0.2) is 44.3 Å². The van der Waals surface area contributed by atoms with Crippen LogP contribution in [-0.2, 0) is 10.0 Å². The van der Waals surface area contributed by atoms with E-state index >= 15 is 0 Å². The van der Waals surface area contributed by atoms with Crippen molar-refractivity contribution in [2.24, 2.45) is 4.40 Å². The molecule has 0 N–H and O–H groups in total. The summed E-state index contributed by atoms with van der Waals surface area (Å²) in [7, 11) is -3.45. The molecule has 0 spiro atoms. The molecule has 0 fully saturated rings. The molecular weight excluding hydrogens is 282 g/mol. The van der Waals surface area contributed by atoms with Crippen molar-refractivity contribution in [1.29, 1.82) is 0 Å². The standard InChI is InChI=1S/C9H6BrNO3S/c10-7-1-3-8(4-2-7)14-9-5-11-15(12,13)6-9/h1-6H. The van der Waals surface area contributed by atoms with Gasteiger partial charge in [0, 0.05) is 4.47 Å². The normalized spacial score (nSPS) is 17.5. The third-order valence-corrected chi connectivity index (χ3v) is 3.10. The molecule has 1 aromatic carbocycles. The first kappa shape index (κ1) is 10.4. The van der Waals surface area contributed by atoms with E-state index in [4.69, 9.17) is 4.74 Å². The van der Waals surface area contributed by atoms with Crippen LogP contribution in [0.4, 0.5) is 0 Å². The first-order valence-corrected chi connectivity index (χ1v) is 6.30. The molecule has 4 nitrogen and oxygen atoms in total. The molecule has 0 atom stereocenters. The summed E-state index contributed by atoms with van der Waals surface area (Å²) in [6.07, 6.45) is 1.18. The average Bonchev–Trinajstić information content (AvgIpc) is 2.50. The zero-order valence-corrected chi connectivity index (χ0v) is 9.82. The minimum Gasteiger partial charge on any atom is -0.455 e. The second-order valence-corrected chi connectivity index (χ2v) is 5.22. The zero-order valence-electron chi connectivity index (χ0n) is 7.42. The average molecular weight is 288 g/mol. The highest BCUT2D eigenvalue weighted by Gasteiger charge is 2.14. The van der Waals surface area contributed by atoms with E-state index in [9.17, 15) is 8.42 Å². The Labute approximate surface area is 95.5 Å². The molecule has 0 bridgehead atoms. The lowest BCUT2D eigenvalue weighted by atomic mass is 10.3. The zero-order chi connectivity index (χ0) is 10.9. The van der Waals surface area contributed by atoms with Crippen molar-refractivity contribution in [3.63, 3.8) is 0 Å². The Morgan fingerprint density at radius 3 is 2.40 bits per heavy atom. The molecule has 15 heavy (non-hydrogen) atoms. The molecule has 1 aromatic rings. The molecule has 0 amide bonds. The summed E-state index contributed by atoms with van der Waals surface area (Å²) >= 11 is 3.28. The molecule has 6 heteroatoms. The van der Waals surface area contributed by atoms with E-state index in [2.05, 4.69) is 20.3 Å². The van der Waals surface area contributed by atoms with E-state index < -0.39 is 10.0 Å². The van der Waals surface area contributed by atoms with Gasteiger partial charge in [0.1, 0.15) is 5.75 Å². The van der Waals surface area contributed by atoms with Crippen LogP contribution in [0, 0.1) is 0 Å². The molecule has 0 aliphatic carbocycles. The number of ether oxygens (including phenoxy) is 1. The number of benzene rings is 1. The van der Waals surface area contributed by atoms with Crippen LogP contribution in [0.5, 0.6) is 5.75 Å². The van der Waals surface area contributed by atoms with Gasteiger partial charge in [-0.3, -0.25) is 0 Å². The number of sulfonamides is 1.